The molecule has 6 heteroatoms. The normalized spacial score (nSPS) is 16.2. The molecule has 4 rings (SSSR count). The van der Waals surface area contributed by atoms with Crippen molar-refractivity contribution in [2.75, 3.05) is 4.90 Å². The molecule has 25 heavy (non-hydrogen) atoms. The molecule has 0 spiro atoms. The molecule has 0 atom stereocenters. The maximum Gasteiger partial charge on any atom is 0.270 e. The minimum atomic E-state index is -0.165. The maximum absolute atomic E-state index is 12.7. The minimum absolute atomic E-state index is 0.147. The quantitative estimate of drug-likeness (QED) is 0.541. The number of thiocarbonyl (C=S) groups is 1. The van der Waals surface area contributed by atoms with Crippen LogP contribution in [0.4, 0.5) is 5.69 Å². The number of aromatic nitrogens is 1. The fourth-order valence-corrected chi connectivity index (χ4v) is 3.92. The number of nitrogens with zero attached hydrogens (tertiary/aromatic N) is 2. The van der Waals surface area contributed by atoms with Crippen molar-refractivity contribution in [2.24, 2.45) is 0 Å². The number of phenols is 1. The van der Waals surface area contributed by atoms with Crippen LogP contribution >= 0.6 is 24.0 Å². The van der Waals surface area contributed by atoms with Crippen molar-refractivity contribution >= 4 is 56.9 Å². The van der Waals surface area contributed by atoms with E-state index < -0.39 is 0 Å². The van der Waals surface area contributed by atoms with Gasteiger partial charge in [0.2, 0.25) is 0 Å². The van der Waals surface area contributed by atoms with Gasteiger partial charge in [0.15, 0.2) is 4.32 Å². The molecule has 0 radical (unpaired) electrons. The summed E-state index contributed by atoms with van der Waals surface area (Å²) in [7, 11) is 0. The van der Waals surface area contributed by atoms with Crippen LogP contribution in [0.5, 0.6) is 5.75 Å². The van der Waals surface area contributed by atoms with Crippen LogP contribution in [0.15, 0.2) is 65.7 Å². The van der Waals surface area contributed by atoms with E-state index in [0.29, 0.717) is 14.9 Å². The van der Waals surface area contributed by atoms with Gasteiger partial charge in [-0.3, -0.25) is 14.7 Å². The fourth-order valence-electron chi connectivity index (χ4n) is 2.62. The van der Waals surface area contributed by atoms with E-state index in [1.54, 1.807) is 18.3 Å². The molecule has 3 aromatic rings. The number of pyridine rings is 1. The zero-order chi connectivity index (χ0) is 17.4. The van der Waals surface area contributed by atoms with Crippen LogP contribution in [0.3, 0.4) is 0 Å². The first-order valence-corrected chi connectivity index (χ1v) is 8.76. The first-order valence-electron chi connectivity index (χ1n) is 7.53. The lowest BCUT2D eigenvalue weighted by molar-refractivity contribution is -0.113. The third kappa shape index (κ3) is 3.01. The van der Waals surface area contributed by atoms with E-state index in [2.05, 4.69) is 4.98 Å². The van der Waals surface area contributed by atoms with E-state index in [1.807, 2.05) is 36.4 Å². The third-order valence-corrected chi connectivity index (χ3v) is 5.13. The number of hydrogen-bond donors (Lipinski definition) is 1. The molecule has 1 aliphatic rings. The standard InChI is InChI=1S/C19H12N2O2S2/c22-15-7-5-14(6-8-15)21-18(23)17(25-19(21)24)11-12-3-4-13-2-1-9-20-16(13)10-12/h1-11,22H/b17-11-. The van der Waals surface area contributed by atoms with Gasteiger partial charge in [-0.2, -0.15) is 0 Å². The van der Waals surface area contributed by atoms with E-state index >= 15 is 0 Å². The summed E-state index contributed by atoms with van der Waals surface area (Å²) in [5.74, 6) is -0.0183. The number of amides is 1. The number of carbonyl (C=O) groups is 1. The van der Waals surface area contributed by atoms with Crippen molar-refractivity contribution in [3.8, 4) is 5.75 Å². The van der Waals surface area contributed by atoms with Gasteiger partial charge in [-0.05, 0) is 48.0 Å². The maximum atomic E-state index is 12.7. The average Bonchev–Trinajstić information content (AvgIpc) is 2.89. The Morgan fingerprint density at radius 1 is 1.12 bits per heavy atom. The Bertz CT molecular complexity index is 1030. The molecular formula is C19H12N2O2S2. The number of phenolic OH excluding ortho intramolecular Hbond substituents is 1. The number of benzene rings is 2. The highest BCUT2D eigenvalue weighted by atomic mass is 32.2. The van der Waals surface area contributed by atoms with E-state index in [9.17, 15) is 9.90 Å². The molecule has 122 valence electrons. The van der Waals surface area contributed by atoms with Gasteiger partial charge in [0.1, 0.15) is 5.75 Å². The van der Waals surface area contributed by atoms with Crippen molar-refractivity contribution in [1.29, 1.82) is 0 Å². The van der Waals surface area contributed by atoms with Gasteiger partial charge in [-0.25, -0.2) is 0 Å². The predicted octanol–water partition coefficient (Wildman–Crippen LogP) is 4.35. The molecule has 2 aromatic carbocycles. The molecule has 1 amide bonds. The van der Waals surface area contributed by atoms with Gasteiger partial charge in [-0.1, -0.05) is 42.2 Å². The van der Waals surface area contributed by atoms with Gasteiger partial charge < -0.3 is 5.11 Å². The molecule has 0 unspecified atom stereocenters. The smallest absolute Gasteiger partial charge is 0.270 e. The Balaban J connectivity index is 1.68. The molecule has 1 aromatic heterocycles. The van der Waals surface area contributed by atoms with Gasteiger partial charge >= 0.3 is 0 Å². The lowest BCUT2D eigenvalue weighted by Crippen LogP contribution is -2.27. The Morgan fingerprint density at radius 3 is 2.72 bits per heavy atom. The SMILES string of the molecule is O=C1/C(=C/c2ccc3cccnc3c2)SC(=S)N1c1ccc(O)cc1. The van der Waals surface area contributed by atoms with Crippen LogP contribution in [0, 0.1) is 0 Å². The lowest BCUT2D eigenvalue weighted by Gasteiger charge is -2.14. The van der Waals surface area contributed by atoms with E-state index in [-0.39, 0.29) is 11.7 Å². The van der Waals surface area contributed by atoms with Gasteiger partial charge in [0.05, 0.1) is 16.1 Å². The Labute approximate surface area is 153 Å². The first-order chi connectivity index (χ1) is 12.1. The summed E-state index contributed by atoms with van der Waals surface area (Å²) in [4.78, 5) is 19.1. The van der Waals surface area contributed by atoms with Crippen molar-refractivity contribution in [2.45, 2.75) is 0 Å². The zero-order valence-electron chi connectivity index (χ0n) is 12.9. The van der Waals surface area contributed by atoms with Crippen molar-refractivity contribution in [3.05, 3.63) is 71.3 Å². The summed E-state index contributed by atoms with van der Waals surface area (Å²) in [5.41, 5.74) is 2.42. The Hall–Kier alpha value is -2.70. The number of hydrogen-bond acceptors (Lipinski definition) is 5. The van der Waals surface area contributed by atoms with Crippen LogP contribution in [0.2, 0.25) is 0 Å². The molecular weight excluding hydrogens is 352 g/mol. The minimum Gasteiger partial charge on any atom is -0.508 e. The first kappa shape index (κ1) is 15.8. The second-order valence-corrected chi connectivity index (χ2v) is 7.16. The Morgan fingerprint density at radius 2 is 1.92 bits per heavy atom. The van der Waals surface area contributed by atoms with Crippen LogP contribution in [0.25, 0.3) is 17.0 Å². The molecule has 0 aliphatic carbocycles. The number of rotatable bonds is 2. The highest BCUT2D eigenvalue weighted by Crippen LogP contribution is 2.36. The third-order valence-electron chi connectivity index (χ3n) is 3.83. The number of anilines is 1. The summed E-state index contributed by atoms with van der Waals surface area (Å²) in [6, 6.07) is 16.2. The van der Waals surface area contributed by atoms with E-state index in [1.165, 1.54) is 28.8 Å². The molecule has 1 saturated heterocycles. The monoisotopic (exact) mass is 364 g/mol. The van der Waals surface area contributed by atoms with Crippen molar-refractivity contribution in [1.82, 2.24) is 4.98 Å². The largest absolute Gasteiger partial charge is 0.508 e. The summed E-state index contributed by atoms with van der Waals surface area (Å²) in [5, 5.41) is 10.5. The molecule has 0 bridgehead atoms. The van der Waals surface area contributed by atoms with Crippen LogP contribution in [0.1, 0.15) is 5.56 Å². The number of fused-ring (bicyclic) bond motifs is 1. The predicted molar refractivity (Wildman–Crippen MR) is 106 cm³/mol. The van der Waals surface area contributed by atoms with Crippen LogP contribution in [-0.2, 0) is 4.79 Å². The lowest BCUT2D eigenvalue weighted by atomic mass is 10.1. The fraction of sp³-hybridized carbons (Fsp3) is 0. The average molecular weight is 364 g/mol. The summed E-state index contributed by atoms with van der Waals surface area (Å²) in [6.45, 7) is 0. The second kappa shape index (κ2) is 6.31. The summed E-state index contributed by atoms with van der Waals surface area (Å²) >= 11 is 6.62. The highest BCUT2D eigenvalue weighted by molar-refractivity contribution is 8.27. The van der Waals surface area contributed by atoms with Gasteiger partial charge in [0.25, 0.3) is 5.91 Å². The molecule has 0 saturated carbocycles. The van der Waals surface area contributed by atoms with Crippen molar-refractivity contribution in [3.63, 3.8) is 0 Å². The second-order valence-electron chi connectivity index (χ2n) is 5.49. The topological polar surface area (TPSA) is 53.4 Å². The summed E-state index contributed by atoms with van der Waals surface area (Å²) < 4.78 is 0.473. The van der Waals surface area contributed by atoms with Crippen molar-refractivity contribution < 1.29 is 9.90 Å². The van der Waals surface area contributed by atoms with Gasteiger partial charge in [-0.15, -0.1) is 0 Å². The zero-order valence-corrected chi connectivity index (χ0v) is 14.6. The van der Waals surface area contributed by atoms with Crippen LogP contribution < -0.4 is 4.90 Å². The number of carbonyl (C=O) groups excluding carboxylic acids is 1. The number of thioether (sulfide) groups is 1. The molecule has 1 fully saturated rings. The highest BCUT2D eigenvalue weighted by Gasteiger charge is 2.33. The molecule has 1 aliphatic heterocycles. The Kier molecular flexibility index (Phi) is 3.99. The van der Waals surface area contributed by atoms with Gasteiger partial charge in [0, 0.05) is 11.6 Å². The molecule has 2 heterocycles. The summed E-state index contributed by atoms with van der Waals surface area (Å²) in [6.07, 6.45) is 3.57. The van der Waals surface area contributed by atoms with Crippen LogP contribution in [-0.4, -0.2) is 20.3 Å². The van der Waals surface area contributed by atoms with E-state index in [0.717, 1.165) is 16.5 Å². The van der Waals surface area contributed by atoms with E-state index in [4.69, 9.17) is 12.2 Å². The molecule has 4 nitrogen and oxygen atoms in total. The number of aromatic hydroxyl groups is 1. The molecule has 1 N–H and O–H groups in total.